The van der Waals surface area contributed by atoms with Crippen LogP contribution in [0.2, 0.25) is 0 Å². The lowest BCUT2D eigenvalue weighted by molar-refractivity contribution is 1.01. The van der Waals surface area contributed by atoms with E-state index in [4.69, 9.17) is 5.73 Å². The largest absolute Gasteiger partial charge is 0.330 e. The summed E-state index contributed by atoms with van der Waals surface area (Å²) in [6.45, 7) is 2.83. The van der Waals surface area contributed by atoms with Crippen LogP contribution in [0.25, 0.3) is 16.3 Å². The summed E-state index contributed by atoms with van der Waals surface area (Å²) < 4.78 is 0. The van der Waals surface area contributed by atoms with Crippen molar-refractivity contribution in [1.82, 2.24) is 4.98 Å². The van der Waals surface area contributed by atoms with E-state index in [9.17, 15) is 0 Å². The van der Waals surface area contributed by atoms with Crippen molar-refractivity contribution in [3.05, 3.63) is 48.3 Å². The lowest BCUT2D eigenvalue weighted by Crippen LogP contribution is -1.96. The minimum Gasteiger partial charge on any atom is -0.330 e. The third-order valence-electron chi connectivity index (χ3n) is 2.72. The summed E-state index contributed by atoms with van der Waals surface area (Å²) in [6, 6.07) is 8.36. The third-order valence-corrected chi connectivity index (χ3v) is 2.72. The number of nitrogens with zero attached hydrogens (tertiary/aromatic N) is 1. The van der Waals surface area contributed by atoms with Crippen LogP contribution in [0, 0.1) is 0 Å². The number of hydrogen-bond acceptors (Lipinski definition) is 2. The van der Waals surface area contributed by atoms with Crippen LogP contribution in [0.4, 0.5) is 0 Å². The first-order chi connectivity index (χ1) is 7.83. The third kappa shape index (κ3) is 2.12. The van der Waals surface area contributed by atoms with Crippen LogP contribution >= 0.6 is 0 Å². The van der Waals surface area contributed by atoms with Crippen LogP contribution in [0.3, 0.4) is 0 Å². The SMILES string of the molecule is CC(=CCCN)c1cccc2cnccc12. The molecule has 2 nitrogen and oxygen atoms in total. The molecule has 2 rings (SSSR count). The Morgan fingerprint density at radius 2 is 2.25 bits per heavy atom. The summed E-state index contributed by atoms with van der Waals surface area (Å²) in [6.07, 6.45) is 6.85. The van der Waals surface area contributed by atoms with Crippen molar-refractivity contribution in [2.45, 2.75) is 13.3 Å². The van der Waals surface area contributed by atoms with E-state index < -0.39 is 0 Å². The maximum atomic E-state index is 5.51. The lowest BCUT2D eigenvalue weighted by Gasteiger charge is -2.06. The van der Waals surface area contributed by atoms with Crippen LogP contribution in [-0.4, -0.2) is 11.5 Å². The van der Waals surface area contributed by atoms with Crippen molar-refractivity contribution >= 4 is 16.3 Å². The Labute approximate surface area is 95.8 Å². The highest BCUT2D eigenvalue weighted by molar-refractivity contribution is 5.92. The number of fused-ring (bicyclic) bond motifs is 1. The van der Waals surface area contributed by atoms with Gasteiger partial charge >= 0.3 is 0 Å². The zero-order chi connectivity index (χ0) is 11.4. The molecule has 0 radical (unpaired) electrons. The maximum Gasteiger partial charge on any atom is 0.0346 e. The van der Waals surface area contributed by atoms with Crippen molar-refractivity contribution in [3.63, 3.8) is 0 Å². The number of rotatable bonds is 3. The van der Waals surface area contributed by atoms with Crippen LogP contribution < -0.4 is 5.73 Å². The topological polar surface area (TPSA) is 38.9 Å². The summed E-state index contributed by atoms with van der Waals surface area (Å²) >= 11 is 0. The molecule has 0 spiro atoms. The van der Waals surface area contributed by atoms with E-state index in [-0.39, 0.29) is 0 Å². The quantitative estimate of drug-likeness (QED) is 0.849. The van der Waals surface area contributed by atoms with Crippen molar-refractivity contribution in [2.75, 3.05) is 6.54 Å². The van der Waals surface area contributed by atoms with E-state index in [0.29, 0.717) is 6.54 Å². The maximum absolute atomic E-state index is 5.51. The van der Waals surface area contributed by atoms with E-state index in [1.54, 1.807) is 0 Å². The Bertz CT molecular complexity index is 510. The molecule has 2 heteroatoms. The second-order valence-corrected chi connectivity index (χ2v) is 3.87. The standard InChI is InChI=1S/C14H16N2/c1-11(4-3-8-15)13-6-2-5-12-10-16-9-7-14(12)13/h2,4-7,9-10H,3,8,15H2,1H3. The molecular formula is C14H16N2. The van der Waals surface area contributed by atoms with Gasteiger partial charge in [-0.3, -0.25) is 4.98 Å². The van der Waals surface area contributed by atoms with Gasteiger partial charge in [-0.15, -0.1) is 0 Å². The predicted molar refractivity (Wildman–Crippen MR) is 69.1 cm³/mol. The average molecular weight is 212 g/mol. The number of pyridine rings is 1. The van der Waals surface area contributed by atoms with E-state index in [0.717, 1.165) is 6.42 Å². The fourth-order valence-corrected chi connectivity index (χ4v) is 1.88. The molecule has 2 N–H and O–H groups in total. The minimum absolute atomic E-state index is 0.698. The Morgan fingerprint density at radius 3 is 3.06 bits per heavy atom. The van der Waals surface area contributed by atoms with Crippen molar-refractivity contribution in [3.8, 4) is 0 Å². The van der Waals surface area contributed by atoms with Crippen molar-refractivity contribution in [2.24, 2.45) is 5.73 Å². The highest BCUT2D eigenvalue weighted by Crippen LogP contribution is 2.24. The van der Waals surface area contributed by atoms with E-state index >= 15 is 0 Å². The summed E-state index contributed by atoms with van der Waals surface area (Å²) in [5.41, 5.74) is 8.06. The van der Waals surface area contributed by atoms with E-state index in [2.05, 4.69) is 42.2 Å². The molecule has 0 aliphatic heterocycles. The van der Waals surface area contributed by atoms with Gasteiger partial charge in [0.15, 0.2) is 0 Å². The van der Waals surface area contributed by atoms with Gasteiger partial charge in [0, 0.05) is 17.8 Å². The van der Waals surface area contributed by atoms with Gasteiger partial charge in [-0.05, 0) is 42.5 Å². The molecule has 0 unspecified atom stereocenters. The number of nitrogens with two attached hydrogens (primary N) is 1. The Kier molecular flexibility index (Phi) is 3.32. The highest BCUT2D eigenvalue weighted by atomic mass is 14.6. The smallest absolute Gasteiger partial charge is 0.0346 e. The Balaban J connectivity index is 2.52. The Morgan fingerprint density at radius 1 is 1.38 bits per heavy atom. The van der Waals surface area contributed by atoms with Crippen LogP contribution in [-0.2, 0) is 0 Å². The van der Waals surface area contributed by atoms with Gasteiger partial charge < -0.3 is 5.73 Å². The van der Waals surface area contributed by atoms with Gasteiger partial charge in [-0.25, -0.2) is 0 Å². The lowest BCUT2D eigenvalue weighted by atomic mass is 10.00. The molecule has 2 aromatic rings. The number of benzene rings is 1. The summed E-state index contributed by atoms with van der Waals surface area (Å²) in [5, 5.41) is 2.43. The van der Waals surface area contributed by atoms with Gasteiger partial charge in [0.2, 0.25) is 0 Å². The monoisotopic (exact) mass is 212 g/mol. The molecule has 1 aromatic heterocycles. The summed E-state index contributed by atoms with van der Waals surface area (Å²) in [5.74, 6) is 0. The molecule has 0 saturated heterocycles. The van der Waals surface area contributed by atoms with Gasteiger partial charge in [-0.1, -0.05) is 24.3 Å². The molecule has 1 aromatic carbocycles. The number of aromatic nitrogens is 1. The van der Waals surface area contributed by atoms with Crippen LogP contribution in [0.5, 0.6) is 0 Å². The molecular weight excluding hydrogens is 196 g/mol. The molecule has 1 heterocycles. The summed E-state index contributed by atoms with van der Waals surface area (Å²) in [4.78, 5) is 4.14. The first kappa shape index (κ1) is 10.8. The molecule has 0 amide bonds. The second kappa shape index (κ2) is 4.90. The van der Waals surface area contributed by atoms with Gasteiger partial charge in [0.25, 0.3) is 0 Å². The molecule has 16 heavy (non-hydrogen) atoms. The van der Waals surface area contributed by atoms with Gasteiger partial charge in [-0.2, -0.15) is 0 Å². The van der Waals surface area contributed by atoms with Crippen LogP contribution in [0.1, 0.15) is 18.9 Å². The highest BCUT2D eigenvalue weighted by Gasteiger charge is 2.01. The van der Waals surface area contributed by atoms with E-state index in [1.807, 2.05) is 12.4 Å². The van der Waals surface area contributed by atoms with Crippen molar-refractivity contribution in [1.29, 1.82) is 0 Å². The molecule has 0 fully saturated rings. The minimum atomic E-state index is 0.698. The number of allylic oxidation sites excluding steroid dienone is 1. The first-order valence-electron chi connectivity index (χ1n) is 5.53. The first-order valence-corrected chi connectivity index (χ1v) is 5.53. The fraction of sp³-hybridized carbons (Fsp3) is 0.214. The second-order valence-electron chi connectivity index (χ2n) is 3.87. The zero-order valence-corrected chi connectivity index (χ0v) is 9.48. The molecule has 0 bridgehead atoms. The van der Waals surface area contributed by atoms with E-state index in [1.165, 1.54) is 21.9 Å². The zero-order valence-electron chi connectivity index (χ0n) is 9.48. The normalized spacial score (nSPS) is 12.0. The molecule has 0 atom stereocenters. The van der Waals surface area contributed by atoms with Crippen LogP contribution in [0.15, 0.2) is 42.7 Å². The molecule has 0 saturated carbocycles. The molecule has 0 aliphatic rings. The number of hydrogen-bond donors (Lipinski definition) is 1. The Hall–Kier alpha value is -1.67. The van der Waals surface area contributed by atoms with Crippen molar-refractivity contribution < 1.29 is 0 Å². The van der Waals surface area contributed by atoms with Gasteiger partial charge in [0.1, 0.15) is 0 Å². The summed E-state index contributed by atoms with van der Waals surface area (Å²) in [7, 11) is 0. The van der Waals surface area contributed by atoms with Gasteiger partial charge in [0.05, 0.1) is 0 Å². The molecule has 0 aliphatic carbocycles. The fourth-order valence-electron chi connectivity index (χ4n) is 1.88. The molecule has 82 valence electrons. The predicted octanol–water partition coefficient (Wildman–Crippen LogP) is 2.99. The average Bonchev–Trinajstić information content (AvgIpc) is 2.35.